The molecule has 1 aromatic carbocycles. The molecule has 1 aliphatic rings. The molecule has 0 spiro atoms. The first-order valence-electron chi connectivity index (χ1n) is 8.89. The molecule has 29 heavy (non-hydrogen) atoms. The highest BCUT2D eigenvalue weighted by molar-refractivity contribution is 6.46. The zero-order valence-corrected chi connectivity index (χ0v) is 16.0. The van der Waals surface area contributed by atoms with E-state index in [-0.39, 0.29) is 17.9 Å². The van der Waals surface area contributed by atoms with Crippen LogP contribution in [0, 0.1) is 0 Å². The van der Waals surface area contributed by atoms with Crippen molar-refractivity contribution in [2.75, 3.05) is 0 Å². The molecule has 0 radical (unpaired) electrons. The molecule has 3 heterocycles. The average Bonchev–Trinajstić information content (AvgIpc) is 3.00. The van der Waals surface area contributed by atoms with Gasteiger partial charge in [-0.25, -0.2) is 0 Å². The fourth-order valence-corrected chi connectivity index (χ4v) is 3.51. The maximum absolute atomic E-state index is 12.9. The van der Waals surface area contributed by atoms with Gasteiger partial charge in [0.2, 0.25) is 0 Å². The lowest BCUT2D eigenvalue weighted by molar-refractivity contribution is -0.140. The molecule has 0 aliphatic carbocycles. The standard InChI is InChI=1S/C22H16ClN3O3/c23-17-5-3-16(4-6-17)20(27)18-19(15-7-10-24-11-8-15)26(22(29)21(18)28)13-14-2-1-9-25-12-14/h1-12,19,27H,13H2/b20-18+/t19-/m1/s1. The molecule has 0 unspecified atom stereocenters. The van der Waals surface area contributed by atoms with Crippen LogP contribution in [0.5, 0.6) is 0 Å². The van der Waals surface area contributed by atoms with E-state index < -0.39 is 17.7 Å². The molecule has 2 aromatic heterocycles. The van der Waals surface area contributed by atoms with Gasteiger partial charge in [0, 0.05) is 41.9 Å². The number of aromatic nitrogens is 2. The summed E-state index contributed by atoms with van der Waals surface area (Å²) >= 11 is 5.93. The van der Waals surface area contributed by atoms with Gasteiger partial charge in [-0.15, -0.1) is 0 Å². The number of ketones is 1. The van der Waals surface area contributed by atoms with E-state index in [1.165, 1.54) is 4.90 Å². The number of amides is 1. The minimum absolute atomic E-state index is 0.0346. The summed E-state index contributed by atoms with van der Waals surface area (Å²) in [6, 6.07) is 12.7. The smallest absolute Gasteiger partial charge is 0.295 e. The van der Waals surface area contributed by atoms with Gasteiger partial charge in [-0.1, -0.05) is 17.7 Å². The number of aliphatic hydroxyl groups excluding tert-OH is 1. The van der Waals surface area contributed by atoms with Crippen LogP contribution in [0.2, 0.25) is 5.02 Å². The number of rotatable bonds is 4. The van der Waals surface area contributed by atoms with E-state index in [4.69, 9.17) is 11.6 Å². The molecule has 4 rings (SSSR count). The third kappa shape index (κ3) is 3.62. The fraction of sp³-hybridized carbons (Fsp3) is 0.0909. The maximum atomic E-state index is 12.9. The largest absolute Gasteiger partial charge is 0.507 e. The number of pyridine rings is 2. The Balaban J connectivity index is 1.85. The predicted octanol–water partition coefficient (Wildman–Crippen LogP) is 3.75. The lowest BCUT2D eigenvalue weighted by atomic mass is 9.96. The molecule has 7 heteroatoms. The second-order valence-electron chi connectivity index (χ2n) is 6.58. The van der Waals surface area contributed by atoms with Crippen molar-refractivity contribution in [3.05, 3.63) is 101 Å². The molecule has 144 valence electrons. The monoisotopic (exact) mass is 405 g/mol. The van der Waals surface area contributed by atoms with Crippen LogP contribution in [-0.4, -0.2) is 31.7 Å². The van der Waals surface area contributed by atoms with Gasteiger partial charge in [0.15, 0.2) is 0 Å². The topological polar surface area (TPSA) is 83.4 Å². The minimum atomic E-state index is -0.742. The fourth-order valence-electron chi connectivity index (χ4n) is 3.39. The number of carbonyl (C=O) groups is 2. The molecule has 3 aromatic rings. The highest BCUT2D eigenvalue weighted by Gasteiger charge is 2.46. The lowest BCUT2D eigenvalue weighted by Crippen LogP contribution is -2.29. The van der Waals surface area contributed by atoms with Crippen LogP contribution in [-0.2, 0) is 16.1 Å². The number of Topliss-reactive ketones (excluding diaryl/α,β-unsaturated/α-hetero) is 1. The number of aliphatic hydroxyl groups is 1. The molecule has 6 nitrogen and oxygen atoms in total. The average molecular weight is 406 g/mol. The molecule has 0 bridgehead atoms. The van der Waals surface area contributed by atoms with Gasteiger partial charge in [-0.05, 0) is 53.6 Å². The van der Waals surface area contributed by atoms with Gasteiger partial charge >= 0.3 is 0 Å². The van der Waals surface area contributed by atoms with Crippen molar-refractivity contribution < 1.29 is 14.7 Å². The Morgan fingerprint density at radius 3 is 2.38 bits per heavy atom. The van der Waals surface area contributed by atoms with Crippen LogP contribution in [0.1, 0.15) is 22.7 Å². The van der Waals surface area contributed by atoms with Crippen LogP contribution >= 0.6 is 11.6 Å². The van der Waals surface area contributed by atoms with Gasteiger partial charge in [-0.3, -0.25) is 19.6 Å². The number of likely N-dealkylation sites (tertiary alicyclic amines) is 1. The summed E-state index contributed by atoms with van der Waals surface area (Å²) in [6.45, 7) is 0.183. The second-order valence-corrected chi connectivity index (χ2v) is 7.01. The van der Waals surface area contributed by atoms with Crippen molar-refractivity contribution in [2.24, 2.45) is 0 Å². The normalized spacial score (nSPS) is 18.2. The van der Waals surface area contributed by atoms with Gasteiger partial charge in [0.05, 0.1) is 11.6 Å². The van der Waals surface area contributed by atoms with E-state index >= 15 is 0 Å². The van der Waals surface area contributed by atoms with Crippen LogP contribution in [0.25, 0.3) is 5.76 Å². The third-order valence-corrected chi connectivity index (χ3v) is 5.01. The molecular formula is C22H16ClN3O3. The molecule has 1 amide bonds. The maximum Gasteiger partial charge on any atom is 0.295 e. The number of benzene rings is 1. The van der Waals surface area contributed by atoms with E-state index in [1.54, 1.807) is 67.3 Å². The SMILES string of the molecule is O=C1C(=O)N(Cc2cccnc2)[C@H](c2ccncc2)/C1=C(\O)c1ccc(Cl)cc1. The van der Waals surface area contributed by atoms with Crippen LogP contribution in [0.15, 0.2) is 78.9 Å². The number of hydrogen-bond acceptors (Lipinski definition) is 5. The molecule has 1 atom stereocenters. The van der Waals surface area contributed by atoms with E-state index in [2.05, 4.69) is 9.97 Å². The Morgan fingerprint density at radius 2 is 1.72 bits per heavy atom. The molecule has 1 aliphatic heterocycles. The zero-order valence-electron chi connectivity index (χ0n) is 15.2. The van der Waals surface area contributed by atoms with Crippen molar-refractivity contribution >= 4 is 29.1 Å². The number of carbonyl (C=O) groups excluding carboxylic acids is 2. The summed E-state index contributed by atoms with van der Waals surface area (Å²) in [5.74, 6) is -1.65. The van der Waals surface area contributed by atoms with Gasteiger partial charge in [-0.2, -0.15) is 0 Å². The number of nitrogens with zero attached hydrogens (tertiary/aromatic N) is 3. The summed E-state index contributed by atoms with van der Waals surface area (Å²) < 4.78 is 0. The summed E-state index contributed by atoms with van der Waals surface area (Å²) in [5, 5.41) is 11.4. The second kappa shape index (κ2) is 7.85. The highest BCUT2D eigenvalue weighted by atomic mass is 35.5. The number of halogens is 1. The predicted molar refractivity (Wildman–Crippen MR) is 108 cm³/mol. The van der Waals surface area contributed by atoms with Crippen LogP contribution < -0.4 is 0 Å². The quantitative estimate of drug-likeness (QED) is 0.406. The summed E-state index contributed by atoms with van der Waals surface area (Å²) in [7, 11) is 0. The third-order valence-electron chi connectivity index (χ3n) is 4.76. The van der Waals surface area contributed by atoms with Gasteiger partial charge in [0.25, 0.3) is 11.7 Å². The van der Waals surface area contributed by atoms with Gasteiger partial charge in [0.1, 0.15) is 5.76 Å². The van der Waals surface area contributed by atoms with Gasteiger partial charge < -0.3 is 10.0 Å². The zero-order chi connectivity index (χ0) is 20.4. The Bertz CT molecular complexity index is 1080. The lowest BCUT2D eigenvalue weighted by Gasteiger charge is -2.25. The number of hydrogen-bond donors (Lipinski definition) is 1. The van der Waals surface area contributed by atoms with E-state index in [0.717, 1.165) is 5.56 Å². The van der Waals surface area contributed by atoms with Crippen LogP contribution in [0.4, 0.5) is 0 Å². The van der Waals surface area contributed by atoms with Crippen molar-refractivity contribution in [3.63, 3.8) is 0 Å². The molecule has 1 N–H and O–H groups in total. The van der Waals surface area contributed by atoms with Crippen molar-refractivity contribution in [1.29, 1.82) is 0 Å². The molecule has 1 saturated heterocycles. The van der Waals surface area contributed by atoms with Crippen molar-refractivity contribution in [1.82, 2.24) is 14.9 Å². The summed E-state index contributed by atoms with van der Waals surface area (Å²) in [5.41, 5.74) is 1.90. The van der Waals surface area contributed by atoms with E-state index in [0.29, 0.717) is 16.1 Å². The summed E-state index contributed by atoms with van der Waals surface area (Å²) in [6.07, 6.45) is 6.45. The highest BCUT2D eigenvalue weighted by Crippen LogP contribution is 2.40. The first kappa shape index (κ1) is 18.8. The molecule has 1 fully saturated rings. The first-order chi connectivity index (χ1) is 14.1. The molecular weight excluding hydrogens is 390 g/mol. The minimum Gasteiger partial charge on any atom is -0.507 e. The van der Waals surface area contributed by atoms with Crippen molar-refractivity contribution in [2.45, 2.75) is 12.6 Å². The Morgan fingerprint density at radius 1 is 1.00 bits per heavy atom. The Labute approximate surface area is 172 Å². The Hall–Kier alpha value is -3.51. The van der Waals surface area contributed by atoms with Crippen molar-refractivity contribution in [3.8, 4) is 0 Å². The summed E-state index contributed by atoms with van der Waals surface area (Å²) in [4.78, 5) is 35.3. The van der Waals surface area contributed by atoms with E-state index in [9.17, 15) is 14.7 Å². The first-order valence-corrected chi connectivity index (χ1v) is 9.27. The van der Waals surface area contributed by atoms with E-state index in [1.807, 2.05) is 6.07 Å². The Kier molecular flexibility index (Phi) is 5.10. The van der Waals surface area contributed by atoms with Crippen LogP contribution in [0.3, 0.4) is 0 Å². The molecule has 0 saturated carbocycles.